The molecule has 0 saturated heterocycles. The molecule has 4 rings (SSSR count). The summed E-state index contributed by atoms with van der Waals surface area (Å²) in [6, 6.07) is 20.7. The lowest BCUT2D eigenvalue weighted by Gasteiger charge is -2.10. The minimum atomic E-state index is -0.190. The Morgan fingerprint density at radius 3 is 2.43 bits per heavy atom. The van der Waals surface area contributed by atoms with Crippen LogP contribution in [0.3, 0.4) is 0 Å². The molecule has 1 heterocycles. The fourth-order valence-electron chi connectivity index (χ4n) is 3.17. The topological polar surface area (TPSA) is 64.4 Å². The predicted molar refractivity (Wildman–Crippen MR) is 119 cm³/mol. The number of hydrogen-bond acceptors (Lipinski definition) is 4. The van der Waals surface area contributed by atoms with E-state index in [1.54, 1.807) is 24.3 Å². The Balaban J connectivity index is 1.51. The van der Waals surface area contributed by atoms with Gasteiger partial charge in [0.25, 0.3) is 5.91 Å². The van der Waals surface area contributed by atoms with Crippen molar-refractivity contribution in [3.63, 3.8) is 0 Å². The van der Waals surface area contributed by atoms with Gasteiger partial charge in [0.1, 0.15) is 11.3 Å². The summed E-state index contributed by atoms with van der Waals surface area (Å²) in [4.78, 5) is 17.2. The molecule has 1 aromatic heterocycles. The van der Waals surface area contributed by atoms with E-state index >= 15 is 0 Å². The van der Waals surface area contributed by atoms with Crippen molar-refractivity contribution in [1.82, 2.24) is 4.98 Å². The Bertz CT molecular complexity index is 1160. The third kappa shape index (κ3) is 4.35. The van der Waals surface area contributed by atoms with Crippen LogP contribution in [0.2, 0.25) is 0 Å². The van der Waals surface area contributed by atoms with Gasteiger partial charge in [-0.05, 0) is 80.4 Å². The van der Waals surface area contributed by atoms with Crippen molar-refractivity contribution in [1.29, 1.82) is 0 Å². The molecule has 0 spiro atoms. The molecule has 5 heteroatoms. The molecule has 0 unspecified atom stereocenters. The molecule has 0 radical (unpaired) electrons. The first-order valence-corrected chi connectivity index (χ1v) is 10.1. The molecule has 30 heavy (non-hydrogen) atoms. The molecule has 4 aromatic rings. The van der Waals surface area contributed by atoms with Crippen molar-refractivity contribution >= 4 is 22.7 Å². The molecule has 3 aromatic carbocycles. The largest absolute Gasteiger partial charge is 0.491 e. The van der Waals surface area contributed by atoms with E-state index < -0.39 is 0 Å². The smallest absolute Gasteiger partial charge is 0.255 e. The highest BCUT2D eigenvalue weighted by atomic mass is 16.5. The summed E-state index contributed by atoms with van der Waals surface area (Å²) in [6.45, 7) is 6.05. The fourth-order valence-corrected chi connectivity index (χ4v) is 3.17. The van der Waals surface area contributed by atoms with E-state index in [1.807, 2.05) is 44.2 Å². The Morgan fingerprint density at radius 2 is 1.77 bits per heavy atom. The molecule has 0 fully saturated rings. The van der Waals surface area contributed by atoms with Gasteiger partial charge in [0.2, 0.25) is 5.89 Å². The number of carbonyl (C=O) groups excluding carboxylic acids is 1. The van der Waals surface area contributed by atoms with Crippen LogP contribution >= 0.6 is 0 Å². The molecule has 0 atom stereocenters. The summed E-state index contributed by atoms with van der Waals surface area (Å²) < 4.78 is 11.5. The number of nitrogens with zero attached hydrogens (tertiary/aromatic N) is 1. The first-order valence-electron chi connectivity index (χ1n) is 10.1. The molecule has 1 amide bonds. The number of aryl methyl sites for hydroxylation is 1. The van der Waals surface area contributed by atoms with Gasteiger partial charge in [0.15, 0.2) is 5.58 Å². The van der Waals surface area contributed by atoms with Gasteiger partial charge >= 0.3 is 0 Å². The van der Waals surface area contributed by atoms with Gasteiger partial charge in [-0.2, -0.15) is 0 Å². The van der Waals surface area contributed by atoms with Crippen LogP contribution in [0.1, 0.15) is 36.7 Å². The number of nitrogens with one attached hydrogen (secondary N) is 1. The van der Waals surface area contributed by atoms with E-state index in [2.05, 4.69) is 29.4 Å². The van der Waals surface area contributed by atoms with E-state index in [9.17, 15) is 4.79 Å². The number of rotatable bonds is 6. The van der Waals surface area contributed by atoms with Crippen LogP contribution in [0.15, 0.2) is 71.1 Å². The molecule has 0 aliphatic rings. The van der Waals surface area contributed by atoms with Gasteiger partial charge in [0.05, 0.1) is 6.10 Å². The quantitative estimate of drug-likeness (QED) is 0.425. The molecular weight excluding hydrogens is 376 g/mol. The summed E-state index contributed by atoms with van der Waals surface area (Å²) in [7, 11) is 0. The number of anilines is 1. The first-order chi connectivity index (χ1) is 14.5. The van der Waals surface area contributed by atoms with Crippen LogP contribution in [-0.2, 0) is 6.42 Å². The van der Waals surface area contributed by atoms with Crippen LogP contribution in [0.5, 0.6) is 5.75 Å². The predicted octanol–water partition coefficient (Wildman–Crippen LogP) is 6.10. The number of hydrogen-bond donors (Lipinski definition) is 1. The van der Waals surface area contributed by atoms with Gasteiger partial charge < -0.3 is 14.5 Å². The number of carbonyl (C=O) groups is 1. The van der Waals surface area contributed by atoms with Crippen LogP contribution < -0.4 is 10.1 Å². The number of amides is 1. The minimum absolute atomic E-state index is 0.0911. The van der Waals surface area contributed by atoms with E-state index in [0.29, 0.717) is 28.2 Å². The highest BCUT2D eigenvalue weighted by molar-refractivity contribution is 6.05. The standard InChI is InChI=1S/C25H24N2O3/c1-4-17-5-7-19(8-6-17)25-27-22-15-20(11-14-23(22)30-25)26-24(28)18-9-12-21(13-10-18)29-16(2)3/h5-16H,4H2,1-3H3,(H,26,28). The van der Waals surface area contributed by atoms with Gasteiger partial charge in [0, 0.05) is 16.8 Å². The Hall–Kier alpha value is -3.60. The van der Waals surface area contributed by atoms with E-state index in [4.69, 9.17) is 9.15 Å². The number of ether oxygens (including phenoxy) is 1. The zero-order valence-electron chi connectivity index (χ0n) is 17.3. The van der Waals surface area contributed by atoms with Crippen LogP contribution in [-0.4, -0.2) is 17.0 Å². The highest BCUT2D eigenvalue weighted by Crippen LogP contribution is 2.27. The van der Waals surface area contributed by atoms with Crippen LogP contribution in [0.4, 0.5) is 5.69 Å². The van der Waals surface area contributed by atoms with Gasteiger partial charge in [-0.25, -0.2) is 4.98 Å². The molecule has 0 bridgehead atoms. The van der Waals surface area contributed by atoms with Crippen molar-refractivity contribution < 1.29 is 13.9 Å². The molecule has 0 aliphatic carbocycles. The first kappa shape index (κ1) is 19.7. The Labute approximate surface area is 175 Å². The third-order valence-electron chi connectivity index (χ3n) is 4.74. The lowest BCUT2D eigenvalue weighted by Crippen LogP contribution is -2.12. The van der Waals surface area contributed by atoms with Gasteiger partial charge in [-0.15, -0.1) is 0 Å². The molecule has 0 saturated carbocycles. The third-order valence-corrected chi connectivity index (χ3v) is 4.74. The fraction of sp³-hybridized carbons (Fsp3) is 0.200. The number of benzene rings is 3. The molecular formula is C25H24N2O3. The summed E-state index contributed by atoms with van der Waals surface area (Å²) in [5.41, 5.74) is 4.79. The van der Waals surface area contributed by atoms with E-state index in [-0.39, 0.29) is 12.0 Å². The second-order valence-corrected chi connectivity index (χ2v) is 7.40. The summed E-state index contributed by atoms with van der Waals surface area (Å²) in [6.07, 6.45) is 1.08. The average molecular weight is 400 g/mol. The van der Waals surface area contributed by atoms with E-state index in [1.165, 1.54) is 5.56 Å². The zero-order chi connectivity index (χ0) is 21.1. The maximum Gasteiger partial charge on any atom is 0.255 e. The molecule has 1 N–H and O–H groups in total. The minimum Gasteiger partial charge on any atom is -0.491 e. The SMILES string of the molecule is CCc1ccc(-c2nc3cc(NC(=O)c4ccc(OC(C)C)cc4)ccc3o2)cc1. The number of oxazole rings is 1. The van der Waals surface area contributed by atoms with Crippen molar-refractivity contribution in [2.75, 3.05) is 5.32 Å². The van der Waals surface area contributed by atoms with Crippen LogP contribution in [0, 0.1) is 0 Å². The summed E-state index contributed by atoms with van der Waals surface area (Å²) >= 11 is 0. The maximum atomic E-state index is 12.6. The Morgan fingerprint density at radius 1 is 1.03 bits per heavy atom. The normalized spacial score (nSPS) is 11.1. The van der Waals surface area contributed by atoms with Crippen molar-refractivity contribution in [2.24, 2.45) is 0 Å². The van der Waals surface area contributed by atoms with Crippen molar-refractivity contribution in [3.05, 3.63) is 77.9 Å². The maximum absolute atomic E-state index is 12.6. The second kappa shape index (κ2) is 8.41. The molecule has 5 nitrogen and oxygen atoms in total. The Kier molecular flexibility index (Phi) is 5.53. The highest BCUT2D eigenvalue weighted by Gasteiger charge is 2.11. The van der Waals surface area contributed by atoms with E-state index in [0.717, 1.165) is 17.7 Å². The van der Waals surface area contributed by atoms with Crippen LogP contribution in [0.25, 0.3) is 22.6 Å². The number of fused-ring (bicyclic) bond motifs is 1. The summed E-state index contributed by atoms with van der Waals surface area (Å²) in [5, 5.41) is 2.91. The monoisotopic (exact) mass is 400 g/mol. The van der Waals surface area contributed by atoms with Crippen molar-refractivity contribution in [3.8, 4) is 17.2 Å². The summed E-state index contributed by atoms with van der Waals surface area (Å²) in [5.74, 6) is 1.12. The molecule has 0 aliphatic heterocycles. The number of aromatic nitrogens is 1. The van der Waals surface area contributed by atoms with Gasteiger partial charge in [-0.3, -0.25) is 4.79 Å². The second-order valence-electron chi connectivity index (χ2n) is 7.40. The van der Waals surface area contributed by atoms with Gasteiger partial charge in [-0.1, -0.05) is 19.1 Å². The lowest BCUT2D eigenvalue weighted by molar-refractivity contribution is 0.102. The lowest BCUT2D eigenvalue weighted by atomic mass is 10.1. The van der Waals surface area contributed by atoms with Crippen molar-refractivity contribution in [2.45, 2.75) is 33.3 Å². The molecule has 152 valence electrons. The zero-order valence-corrected chi connectivity index (χ0v) is 17.3. The average Bonchev–Trinajstić information content (AvgIpc) is 3.17.